The number of carbonyl (C=O) groups excluding carboxylic acids is 1. The monoisotopic (exact) mass is 444 g/mol. The van der Waals surface area contributed by atoms with Gasteiger partial charge in [0, 0.05) is 11.3 Å². The van der Waals surface area contributed by atoms with E-state index in [-0.39, 0.29) is 4.90 Å². The molecule has 2 N–H and O–H groups in total. The van der Waals surface area contributed by atoms with Crippen molar-refractivity contribution in [3.8, 4) is 5.75 Å². The van der Waals surface area contributed by atoms with Gasteiger partial charge in [-0.25, -0.2) is 8.42 Å². The van der Waals surface area contributed by atoms with Gasteiger partial charge in [0.1, 0.15) is 5.75 Å². The average molecular weight is 445 g/mol. The molecule has 0 aromatic heterocycles. The van der Waals surface area contributed by atoms with Crippen LogP contribution in [0.3, 0.4) is 0 Å². The molecule has 0 unspecified atom stereocenters. The molecule has 3 aromatic carbocycles. The number of nitrogens with one attached hydrogen (secondary N) is 2. The van der Waals surface area contributed by atoms with Crippen LogP contribution in [-0.2, 0) is 10.0 Å². The predicted octanol–water partition coefficient (Wildman–Crippen LogP) is 5.02. The first-order valence-corrected chi connectivity index (χ1v) is 10.9. The second-order valence-electron chi connectivity index (χ2n) is 6.75. The van der Waals surface area contributed by atoms with Crippen molar-refractivity contribution in [1.82, 2.24) is 0 Å². The third kappa shape index (κ3) is 4.93. The summed E-state index contributed by atoms with van der Waals surface area (Å²) in [7, 11) is -2.28. The smallest absolute Gasteiger partial charge is 0.261 e. The van der Waals surface area contributed by atoms with Gasteiger partial charge >= 0.3 is 0 Å². The van der Waals surface area contributed by atoms with Gasteiger partial charge in [-0.1, -0.05) is 35.4 Å². The Morgan fingerprint density at radius 2 is 1.67 bits per heavy atom. The number of aryl methyl sites for hydroxylation is 2. The molecule has 3 aromatic rings. The minimum absolute atomic E-state index is 0.148. The number of anilines is 2. The molecule has 0 aliphatic rings. The summed E-state index contributed by atoms with van der Waals surface area (Å²) in [5.41, 5.74) is 2.77. The van der Waals surface area contributed by atoms with Gasteiger partial charge < -0.3 is 10.1 Å². The Morgan fingerprint density at radius 3 is 2.30 bits per heavy atom. The van der Waals surface area contributed by atoms with E-state index in [4.69, 9.17) is 16.3 Å². The summed E-state index contributed by atoms with van der Waals surface area (Å²) >= 11 is 6.09. The second kappa shape index (κ2) is 8.77. The zero-order valence-corrected chi connectivity index (χ0v) is 18.3. The molecular formula is C22H21ClN2O4S. The van der Waals surface area contributed by atoms with Crippen molar-refractivity contribution >= 4 is 38.9 Å². The fourth-order valence-electron chi connectivity index (χ4n) is 2.74. The number of hydrogen-bond donors (Lipinski definition) is 2. The van der Waals surface area contributed by atoms with E-state index >= 15 is 0 Å². The molecule has 0 heterocycles. The van der Waals surface area contributed by atoms with Crippen LogP contribution in [0.25, 0.3) is 0 Å². The molecule has 0 radical (unpaired) electrons. The van der Waals surface area contributed by atoms with Crippen molar-refractivity contribution in [3.05, 3.63) is 82.4 Å². The summed E-state index contributed by atoms with van der Waals surface area (Å²) < 4.78 is 33.1. The van der Waals surface area contributed by atoms with Gasteiger partial charge in [0.05, 0.1) is 22.7 Å². The Kier molecular flexibility index (Phi) is 6.34. The maximum atomic E-state index is 12.7. The Hall–Kier alpha value is -3.03. The molecule has 0 saturated carbocycles. The number of ether oxygens (including phenoxy) is 1. The first-order valence-electron chi connectivity index (χ1n) is 9.04. The molecule has 0 saturated heterocycles. The lowest BCUT2D eigenvalue weighted by Crippen LogP contribution is -2.16. The van der Waals surface area contributed by atoms with Crippen LogP contribution < -0.4 is 14.8 Å². The van der Waals surface area contributed by atoms with Gasteiger partial charge in [0.15, 0.2) is 0 Å². The van der Waals surface area contributed by atoms with Crippen molar-refractivity contribution in [2.24, 2.45) is 0 Å². The lowest BCUT2D eigenvalue weighted by molar-refractivity contribution is 0.102. The number of benzene rings is 3. The van der Waals surface area contributed by atoms with Crippen molar-refractivity contribution < 1.29 is 17.9 Å². The summed E-state index contributed by atoms with van der Waals surface area (Å²) in [5, 5.41) is 3.11. The molecule has 0 atom stereocenters. The lowest BCUT2D eigenvalue weighted by atomic mass is 10.1. The predicted molar refractivity (Wildman–Crippen MR) is 119 cm³/mol. The van der Waals surface area contributed by atoms with E-state index < -0.39 is 15.9 Å². The standard InChI is InChI=1S/C22H21ClN2O4S/c1-14-4-9-18(10-5-14)30(27,28)25-20-12-16(7-6-15(20)2)22(26)24-17-8-11-21(29-3)19(23)13-17/h4-13,25H,1-3H3,(H,24,26). The van der Waals surface area contributed by atoms with E-state index in [1.54, 1.807) is 49.4 Å². The average Bonchev–Trinajstić information content (AvgIpc) is 2.70. The van der Waals surface area contributed by atoms with E-state index in [0.29, 0.717) is 33.3 Å². The number of rotatable bonds is 6. The van der Waals surface area contributed by atoms with E-state index in [2.05, 4.69) is 10.0 Å². The first kappa shape index (κ1) is 21.7. The molecule has 3 rings (SSSR count). The molecule has 8 heteroatoms. The second-order valence-corrected chi connectivity index (χ2v) is 8.84. The van der Waals surface area contributed by atoms with Crippen LogP contribution in [0.5, 0.6) is 5.75 Å². The number of sulfonamides is 1. The molecule has 0 aliphatic heterocycles. The lowest BCUT2D eigenvalue weighted by Gasteiger charge is -2.13. The summed E-state index contributed by atoms with van der Waals surface area (Å²) in [5.74, 6) is 0.102. The topological polar surface area (TPSA) is 84.5 Å². The third-order valence-corrected chi connectivity index (χ3v) is 6.16. The molecule has 30 heavy (non-hydrogen) atoms. The van der Waals surface area contributed by atoms with E-state index in [0.717, 1.165) is 5.56 Å². The minimum atomic E-state index is -3.78. The number of halogens is 1. The van der Waals surface area contributed by atoms with Gasteiger partial charge in [0.25, 0.3) is 15.9 Å². The van der Waals surface area contributed by atoms with Gasteiger partial charge in [-0.2, -0.15) is 0 Å². The first-order chi connectivity index (χ1) is 14.2. The summed E-state index contributed by atoms with van der Waals surface area (Å²) in [4.78, 5) is 12.8. The zero-order chi connectivity index (χ0) is 21.9. The Bertz CT molecular complexity index is 1190. The molecule has 0 fully saturated rings. The number of methoxy groups -OCH3 is 1. The summed E-state index contributed by atoms with van der Waals surface area (Å²) in [6.07, 6.45) is 0. The summed E-state index contributed by atoms with van der Waals surface area (Å²) in [6.45, 7) is 3.64. The van der Waals surface area contributed by atoms with Crippen LogP contribution in [-0.4, -0.2) is 21.4 Å². The molecule has 0 aliphatic carbocycles. The van der Waals surface area contributed by atoms with Crippen molar-refractivity contribution in [2.45, 2.75) is 18.7 Å². The molecular weight excluding hydrogens is 424 g/mol. The van der Waals surface area contributed by atoms with Crippen LogP contribution in [0.1, 0.15) is 21.5 Å². The van der Waals surface area contributed by atoms with Gasteiger partial charge in [-0.05, 0) is 61.9 Å². The highest BCUT2D eigenvalue weighted by molar-refractivity contribution is 7.92. The molecule has 0 spiro atoms. The molecule has 156 valence electrons. The van der Waals surface area contributed by atoms with Crippen LogP contribution in [0.2, 0.25) is 5.02 Å². The molecule has 6 nitrogen and oxygen atoms in total. The zero-order valence-electron chi connectivity index (χ0n) is 16.7. The Balaban J connectivity index is 1.83. The van der Waals surface area contributed by atoms with Crippen LogP contribution in [0.15, 0.2) is 65.6 Å². The number of hydrogen-bond acceptors (Lipinski definition) is 4. The van der Waals surface area contributed by atoms with Crippen LogP contribution >= 0.6 is 11.6 Å². The quantitative estimate of drug-likeness (QED) is 0.559. The highest BCUT2D eigenvalue weighted by Crippen LogP contribution is 2.28. The minimum Gasteiger partial charge on any atom is -0.495 e. The van der Waals surface area contributed by atoms with E-state index in [1.807, 2.05) is 6.92 Å². The highest BCUT2D eigenvalue weighted by Gasteiger charge is 2.17. The van der Waals surface area contributed by atoms with Crippen molar-refractivity contribution in [2.75, 3.05) is 17.1 Å². The van der Waals surface area contributed by atoms with Crippen LogP contribution in [0, 0.1) is 13.8 Å². The number of carbonyl (C=O) groups is 1. The Labute approximate surface area is 180 Å². The van der Waals surface area contributed by atoms with E-state index in [9.17, 15) is 13.2 Å². The van der Waals surface area contributed by atoms with Crippen LogP contribution in [0.4, 0.5) is 11.4 Å². The fraction of sp³-hybridized carbons (Fsp3) is 0.136. The van der Waals surface area contributed by atoms with Gasteiger partial charge in [-0.15, -0.1) is 0 Å². The number of amides is 1. The summed E-state index contributed by atoms with van der Waals surface area (Å²) in [6, 6.07) is 16.2. The SMILES string of the molecule is COc1ccc(NC(=O)c2ccc(C)c(NS(=O)(=O)c3ccc(C)cc3)c2)cc1Cl. The van der Waals surface area contributed by atoms with Crippen molar-refractivity contribution in [3.63, 3.8) is 0 Å². The third-order valence-electron chi connectivity index (χ3n) is 4.49. The normalized spacial score (nSPS) is 11.1. The van der Waals surface area contributed by atoms with E-state index in [1.165, 1.54) is 25.3 Å². The van der Waals surface area contributed by atoms with Crippen molar-refractivity contribution in [1.29, 1.82) is 0 Å². The largest absolute Gasteiger partial charge is 0.495 e. The highest BCUT2D eigenvalue weighted by atomic mass is 35.5. The fourth-order valence-corrected chi connectivity index (χ4v) is 4.12. The van der Waals surface area contributed by atoms with Gasteiger partial charge in [-0.3, -0.25) is 9.52 Å². The molecule has 0 bridgehead atoms. The maximum Gasteiger partial charge on any atom is 0.261 e. The maximum absolute atomic E-state index is 12.7. The van der Waals surface area contributed by atoms with Gasteiger partial charge in [0.2, 0.25) is 0 Å². The molecule has 1 amide bonds. The Morgan fingerprint density at radius 1 is 0.967 bits per heavy atom.